The van der Waals surface area contributed by atoms with E-state index in [9.17, 15) is 14.4 Å². The first kappa shape index (κ1) is 38.7. The van der Waals surface area contributed by atoms with Crippen LogP contribution in [0.25, 0.3) is 0 Å². The van der Waals surface area contributed by atoms with Crippen LogP contribution in [0.5, 0.6) is 0 Å². The average molecular weight is 586 g/mol. The van der Waals surface area contributed by atoms with Gasteiger partial charge in [-0.1, -0.05) is 13.8 Å². The summed E-state index contributed by atoms with van der Waals surface area (Å²) in [5.41, 5.74) is 7.45. The van der Waals surface area contributed by atoms with Crippen LogP contribution in [0.4, 0.5) is 4.56 Å². The molecule has 0 fully saturated rings. The van der Waals surface area contributed by atoms with E-state index in [1.807, 2.05) is 13.8 Å². The van der Waals surface area contributed by atoms with E-state index < -0.39 is 5.97 Å². The molecule has 0 bridgehead atoms. The molecule has 0 saturated carbocycles. The number of esters is 2. The summed E-state index contributed by atoms with van der Waals surface area (Å²) < 4.78 is 10.1. The molecule has 0 aliphatic rings. The Morgan fingerprint density at radius 1 is 1.19 bits per heavy atom. The third-order valence-electron chi connectivity index (χ3n) is 3.05. The Hall–Kier alpha value is 0.419. The molecule has 1 aromatic rings. The fraction of sp³-hybridized carbons (Fsp3) is 0.600. The van der Waals surface area contributed by atoms with Gasteiger partial charge in [0, 0.05) is 6.42 Å². The molecule has 2 N–H and O–H groups in total. The summed E-state index contributed by atoms with van der Waals surface area (Å²) in [4.78, 5) is 33.5. The van der Waals surface area contributed by atoms with Crippen molar-refractivity contribution in [1.82, 2.24) is 0 Å². The molecule has 1 heterocycles. The van der Waals surface area contributed by atoms with E-state index in [1.54, 1.807) is 19.9 Å². The van der Waals surface area contributed by atoms with Gasteiger partial charge < -0.3 is 9.53 Å². The van der Waals surface area contributed by atoms with Crippen molar-refractivity contribution in [1.29, 1.82) is 5.26 Å². The summed E-state index contributed by atoms with van der Waals surface area (Å²) in [6, 6.07) is 1.68. The van der Waals surface area contributed by atoms with Crippen LogP contribution >= 0.6 is 0 Å². The zero-order chi connectivity index (χ0) is 24.1. The predicted octanol–water partition coefficient (Wildman–Crippen LogP) is 1.64. The second-order valence-corrected chi connectivity index (χ2v) is 8.15. The van der Waals surface area contributed by atoms with Gasteiger partial charge in [-0.3, -0.25) is 4.79 Å². The number of nitrogens with zero attached hydrogens (tertiary/aromatic N) is 1. The van der Waals surface area contributed by atoms with Gasteiger partial charge in [0.1, 0.15) is 12.7 Å². The molecule has 0 atom stereocenters. The molecule has 1 rings (SSSR count). The fourth-order valence-corrected chi connectivity index (χ4v) is 3.72. The van der Waals surface area contributed by atoms with Crippen molar-refractivity contribution in [3.8, 4) is 6.07 Å². The van der Waals surface area contributed by atoms with Crippen molar-refractivity contribution in [2.45, 2.75) is 60.3 Å². The molecule has 0 unspecified atom stereocenters. The summed E-state index contributed by atoms with van der Waals surface area (Å²) in [6.45, 7) is 12.4. The number of hydrogen-bond donors (Lipinski definition) is 1. The first-order chi connectivity index (χ1) is 14.2. The molecule has 0 aliphatic carbocycles. The van der Waals surface area contributed by atoms with Crippen molar-refractivity contribution >= 4 is 98.0 Å². The molecule has 0 radical (unpaired) electrons. The summed E-state index contributed by atoms with van der Waals surface area (Å²) in [6.07, 6.45) is 1.50. The number of anilines is 1. The zero-order valence-corrected chi connectivity index (χ0v) is 27.9. The van der Waals surface area contributed by atoms with Crippen LogP contribution in [0.15, 0.2) is 4.94 Å². The second-order valence-electron chi connectivity index (χ2n) is 6.24. The van der Waals surface area contributed by atoms with E-state index in [0.29, 0.717) is 41.6 Å². The number of carbonyl (C=O) groups excluding carboxylic acids is 3. The average Bonchev–Trinajstić information content (AvgIpc) is 3.07. The quantitative estimate of drug-likeness (QED) is 0.293. The summed E-state index contributed by atoms with van der Waals surface area (Å²) in [5.74, 6) is 0.138. The van der Waals surface area contributed by atoms with Crippen molar-refractivity contribution in [3.63, 3.8) is 0 Å². The molecular weight excluding hydrogens is 552 g/mol. The minimum absolute atomic E-state index is 0. The number of nitriles is 1. The Morgan fingerprint density at radius 2 is 1.71 bits per heavy atom. The number of aldehydes is 1. The number of ether oxygens (including phenoxy) is 2. The maximum atomic E-state index is 11.6. The summed E-state index contributed by atoms with van der Waals surface area (Å²) in [7, 11) is 0. The zero-order valence-electron chi connectivity index (χ0n) is 20.1. The van der Waals surface area contributed by atoms with E-state index in [0.717, 1.165) is 11.8 Å². The van der Waals surface area contributed by atoms with Gasteiger partial charge in [0.25, 0.3) is 0 Å². The van der Waals surface area contributed by atoms with Gasteiger partial charge in [-0.05, 0) is 12.8 Å². The predicted molar refractivity (Wildman–Crippen MR) is 130 cm³/mol. The van der Waals surface area contributed by atoms with Crippen LogP contribution in [0.3, 0.4) is 0 Å². The first-order valence-corrected chi connectivity index (χ1v) is 20.0. The standard InChI is InChI=1S/C10H15NO2Se.C5H7NO2.C5H10O.2Na.H2Se/c1-4-13-10(12)8-7(6(2)3)5-14-9(8)11;1-2-8-5(7)3-4-6;1-5(2)3-4-6;;;/h5-6H,4,11H2,1-3H3;2-3H2,1H3;4-5H,3H2,1-2H3;;;1H2. The third kappa shape index (κ3) is 22.0. The van der Waals surface area contributed by atoms with Crippen LogP contribution < -0.4 is 5.73 Å². The van der Waals surface area contributed by atoms with Gasteiger partial charge in [0.05, 0.1) is 12.7 Å². The monoisotopic (exact) mass is 588 g/mol. The SMILES string of the molecule is CC(C)CC=O.CCOC(=O)CC#N.CCOC(=O)c1c(C(C)C)c[se]c1N.[Na][Na].[SeH2]. The van der Waals surface area contributed by atoms with E-state index in [-0.39, 0.29) is 44.0 Å². The fourth-order valence-electron chi connectivity index (χ4n) is 1.70. The van der Waals surface area contributed by atoms with Crippen molar-refractivity contribution in [2.75, 3.05) is 18.9 Å². The van der Waals surface area contributed by atoms with E-state index in [1.165, 1.54) is 43.6 Å². The van der Waals surface area contributed by atoms with Gasteiger partial charge >= 0.3 is 156 Å². The Labute approximate surface area is 231 Å². The van der Waals surface area contributed by atoms with Crippen molar-refractivity contribution < 1.29 is 23.9 Å². The van der Waals surface area contributed by atoms with Crippen molar-refractivity contribution in [2.24, 2.45) is 5.92 Å². The Morgan fingerprint density at radius 3 is 2.03 bits per heavy atom. The third-order valence-corrected chi connectivity index (χ3v) is 4.79. The van der Waals surface area contributed by atoms with Crippen LogP contribution in [0, 0.1) is 17.2 Å². The molecule has 0 aliphatic heterocycles. The molecule has 1 aromatic heterocycles. The molecule has 11 heteroatoms. The Kier molecular flexibility index (Phi) is 33.3. The van der Waals surface area contributed by atoms with Gasteiger partial charge in [-0.2, -0.15) is 5.26 Å². The Balaban J connectivity index is -0.000000184. The molecule has 168 valence electrons. The Bertz CT molecular complexity index is 648. The summed E-state index contributed by atoms with van der Waals surface area (Å²) in [5, 5.41) is 7.91. The number of nitrogen functional groups attached to an aromatic ring is 1. The first-order valence-electron chi connectivity index (χ1n) is 10.2. The van der Waals surface area contributed by atoms with Gasteiger partial charge in [0.15, 0.2) is 0 Å². The van der Waals surface area contributed by atoms with E-state index in [2.05, 4.69) is 23.5 Å². The summed E-state index contributed by atoms with van der Waals surface area (Å²) >= 11 is 3.02. The maximum absolute atomic E-state index is 11.6. The van der Waals surface area contributed by atoms with E-state index in [4.69, 9.17) is 15.7 Å². The van der Waals surface area contributed by atoms with Crippen LogP contribution in [-0.4, -0.2) is 107 Å². The van der Waals surface area contributed by atoms with Crippen LogP contribution in [0.1, 0.15) is 76.2 Å². The molecule has 0 saturated heterocycles. The molecule has 0 amide bonds. The number of nitrogens with two attached hydrogens (primary N) is 1. The topological polar surface area (TPSA) is 119 Å². The molecule has 0 spiro atoms. The van der Waals surface area contributed by atoms with Gasteiger partial charge in [-0.25, -0.2) is 0 Å². The van der Waals surface area contributed by atoms with Gasteiger partial charge in [-0.15, -0.1) is 0 Å². The number of hydrogen-bond acceptors (Lipinski definition) is 7. The van der Waals surface area contributed by atoms with Crippen molar-refractivity contribution in [3.05, 3.63) is 16.1 Å². The normalized spacial score (nSPS) is 8.74. The molecule has 31 heavy (non-hydrogen) atoms. The van der Waals surface area contributed by atoms with Crippen LogP contribution in [0.2, 0.25) is 0 Å². The number of rotatable bonds is 7. The molecule has 7 nitrogen and oxygen atoms in total. The minimum atomic E-state index is -0.449. The van der Waals surface area contributed by atoms with E-state index >= 15 is 0 Å². The molecular formula is C20H34N2Na2O5Se2. The molecule has 0 aromatic carbocycles. The van der Waals surface area contributed by atoms with Crippen LogP contribution in [-0.2, 0) is 19.1 Å². The number of carbonyl (C=O) groups is 3. The van der Waals surface area contributed by atoms with Gasteiger partial charge in [0.2, 0.25) is 0 Å². The second kappa shape index (κ2) is 26.7.